The van der Waals surface area contributed by atoms with Crippen molar-refractivity contribution in [2.24, 2.45) is 0 Å². The van der Waals surface area contributed by atoms with E-state index in [1.165, 1.54) is 10.8 Å². The van der Waals surface area contributed by atoms with Crippen molar-refractivity contribution in [2.75, 3.05) is 17.2 Å². The Balaban J connectivity index is 1.63. The zero-order chi connectivity index (χ0) is 16.8. The average molecular weight is 336 g/mol. The zero-order valence-corrected chi connectivity index (χ0v) is 14.4. The Morgan fingerprint density at radius 3 is 2.71 bits per heavy atom. The summed E-state index contributed by atoms with van der Waals surface area (Å²) in [6.45, 7) is 3.50. The Kier molecular flexibility index (Phi) is 5.23. The number of thiocarbonyl (C=S) groups is 1. The van der Waals surface area contributed by atoms with E-state index in [1.54, 1.807) is 6.20 Å². The van der Waals surface area contributed by atoms with Crippen molar-refractivity contribution in [2.45, 2.75) is 13.5 Å². The second-order valence-corrected chi connectivity index (χ2v) is 5.81. The van der Waals surface area contributed by atoms with Crippen LogP contribution in [0.4, 0.5) is 11.4 Å². The van der Waals surface area contributed by atoms with Crippen LogP contribution in [0.5, 0.6) is 0 Å². The van der Waals surface area contributed by atoms with Crippen LogP contribution >= 0.6 is 12.2 Å². The summed E-state index contributed by atoms with van der Waals surface area (Å²) in [5.74, 6) is 0. The van der Waals surface area contributed by atoms with E-state index in [-0.39, 0.29) is 0 Å². The van der Waals surface area contributed by atoms with Gasteiger partial charge in [0, 0.05) is 18.4 Å². The summed E-state index contributed by atoms with van der Waals surface area (Å²) in [7, 11) is 0. The lowest BCUT2D eigenvalue weighted by Gasteiger charge is -2.13. The van der Waals surface area contributed by atoms with Gasteiger partial charge < -0.3 is 16.0 Å². The van der Waals surface area contributed by atoms with Crippen LogP contribution in [0.3, 0.4) is 0 Å². The van der Waals surface area contributed by atoms with Gasteiger partial charge in [-0.25, -0.2) is 0 Å². The molecule has 3 N–H and O–H groups in total. The van der Waals surface area contributed by atoms with Crippen LogP contribution in [0.2, 0.25) is 0 Å². The first-order valence-electron chi connectivity index (χ1n) is 7.97. The van der Waals surface area contributed by atoms with Crippen molar-refractivity contribution >= 4 is 39.5 Å². The minimum absolute atomic E-state index is 0.572. The predicted octanol–water partition coefficient (Wildman–Crippen LogP) is 4.15. The molecule has 0 saturated heterocycles. The van der Waals surface area contributed by atoms with E-state index in [1.807, 2.05) is 30.3 Å². The molecule has 0 atom stereocenters. The molecule has 24 heavy (non-hydrogen) atoms. The van der Waals surface area contributed by atoms with Crippen molar-refractivity contribution in [1.82, 2.24) is 10.3 Å². The Labute approximate surface area is 147 Å². The predicted molar refractivity (Wildman–Crippen MR) is 105 cm³/mol. The fraction of sp³-hybridized carbons (Fsp3) is 0.158. The van der Waals surface area contributed by atoms with Gasteiger partial charge in [0.05, 0.1) is 17.9 Å². The van der Waals surface area contributed by atoms with Crippen molar-refractivity contribution in [3.63, 3.8) is 0 Å². The highest BCUT2D eigenvalue weighted by Crippen LogP contribution is 2.18. The van der Waals surface area contributed by atoms with Crippen LogP contribution in [-0.4, -0.2) is 16.6 Å². The fourth-order valence-corrected chi connectivity index (χ4v) is 2.73. The summed E-state index contributed by atoms with van der Waals surface area (Å²) < 4.78 is 0. The van der Waals surface area contributed by atoms with E-state index in [0.717, 1.165) is 23.6 Å². The number of nitrogens with zero attached hydrogens (tertiary/aromatic N) is 1. The van der Waals surface area contributed by atoms with E-state index in [0.29, 0.717) is 11.7 Å². The third-order valence-electron chi connectivity index (χ3n) is 3.68. The first-order chi connectivity index (χ1) is 11.8. The van der Waals surface area contributed by atoms with Gasteiger partial charge in [0.25, 0.3) is 0 Å². The molecule has 0 aliphatic heterocycles. The standard InChI is InChI=1S/C19H20N4S/c1-2-20-17-8-5-11-21-18(17)13-22-19(24)23-16-10-9-14-6-3-4-7-15(14)12-16/h3-12,20H,2,13H2,1H3,(H2,22,23,24). The Hall–Kier alpha value is -2.66. The molecule has 3 aromatic rings. The Morgan fingerprint density at radius 2 is 1.88 bits per heavy atom. The van der Waals surface area contributed by atoms with E-state index < -0.39 is 0 Å². The highest BCUT2D eigenvalue weighted by Gasteiger charge is 2.04. The molecular weight excluding hydrogens is 316 g/mol. The smallest absolute Gasteiger partial charge is 0.171 e. The van der Waals surface area contributed by atoms with Gasteiger partial charge in [-0.1, -0.05) is 30.3 Å². The SMILES string of the molecule is CCNc1cccnc1CNC(=S)Nc1ccc2ccccc2c1. The number of nitrogens with one attached hydrogen (secondary N) is 3. The number of aromatic nitrogens is 1. The van der Waals surface area contributed by atoms with Gasteiger partial charge in [0.2, 0.25) is 0 Å². The summed E-state index contributed by atoms with van der Waals surface area (Å²) >= 11 is 5.40. The second-order valence-electron chi connectivity index (χ2n) is 5.40. The monoisotopic (exact) mass is 336 g/mol. The summed E-state index contributed by atoms with van der Waals surface area (Å²) in [5.41, 5.74) is 2.95. The second kappa shape index (κ2) is 7.75. The third kappa shape index (κ3) is 4.00. The number of fused-ring (bicyclic) bond motifs is 1. The molecule has 0 bridgehead atoms. The maximum absolute atomic E-state index is 5.40. The van der Waals surface area contributed by atoms with Crippen molar-refractivity contribution in [3.8, 4) is 0 Å². The van der Waals surface area contributed by atoms with Crippen LogP contribution in [0.25, 0.3) is 10.8 Å². The molecule has 2 aromatic carbocycles. The van der Waals surface area contributed by atoms with Crippen LogP contribution < -0.4 is 16.0 Å². The molecule has 0 saturated carbocycles. The molecule has 0 amide bonds. The molecular formula is C19H20N4S. The lowest BCUT2D eigenvalue weighted by Crippen LogP contribution is -2.28. The first-order valence-corrected chi connectivity index (χ1v) is 8.38. The zero-order valence-electron chi connectivity index (χ0n) is 13.5. The lowest BCUT2D eigenvalue weighted by atomic mass is 10.1. The van der Waals surface area contributed by atoms with Gasteiger partial charge in [0.15, 0.2) is 5.11 Å². The van der Waals surface area contributed by atoms with Crippen LogP contribution in [-0.2, 0) is 6.54 Å². The molecule has 122 valence electrons. The molecule has 1 aromatic heterocycles. The van der Waals surface area contributed by atoms with Crippen LogP contribution in [0.15, 0.2) is 60.8 Å². The van der Waals surface area contributed by atoms with Gasteiger partial charge in [-0.3, -0.25) is 4.98 Å². The molecule has 1 heterocycles. The van der Waals surface area contributed by atoms with Gasteiger partial charge in [-0.05, 0) is 54.2 Å². The molecule has 0 spiro atoms. The third-order valence-corrected chi connectivity index (χ3v) is 3.93. The topological polar surface area (TPSA) is 49.0 Å². The summed E-state index contributed by atoms with van der Waals surface area (Å²) in [4.78, 5) is 4.40. The number of pyridine rings is 1. The number of benzene rings is 2. The molecule has 5 heteroatoms. The summed E-state index contributed by atoms with van der Waals surface area (Å²) in [6.07, 6.45) is 1.79. The maximum Gasteiger partial charge on any atom is 0.171 e. The number of hydrogen-bond donors (Lipinski definition) is 3. The first kappa shape index (κ1) is 16.2. The maximum atomic E-state index is 5.40. The van der Waals surface area contributed by atoms with Crippen molar-refractivity contribution < 1.29 is 0 Å². The van der Waals surface area contributed by atoms with Gasteiger partial charge >= 0.3 is 0 Å². The fourth-order valence-electron chi connectivity index (χ4n) is 2.54. The molecule has 0 unspecified atom stereocenters. The normalized spacial score (nSPS) is 10.4. The van der Waals surface area contributed by atoms with Crippen LogP contribution in [0.1, 0.15) is 12.6 Å². The van der Waals surface area contributed by atoms with E-state index in [4.69, 9.17) is 12.2 Å². The lowest BCUT2D eigenvalue weighted by molar-refractivity contribution is 0.881. The number of hydrogen-bond acceptors (Lipinski definition) is 3. The van der Waals surface area contributed by atoms with E-state index in [9.17, 15) is 0 Å². The molecule has 0 aliphatic rings. The molecule has 0 radical (unpaired) electrons. The minimum Gasteiger partial charge on any atom is -0.384 e. The highest BCUT2D eigenvalue weighted by atomic mass is 32.1. The highest BCUT2D eigenvalue weighted by molar-refractivity contribution is 7.80. The van der Waals surface area contributed by atoms with Crippen LogP contribution in [0, 0.1) is 0 Å². The van der Waals surface area contributed by atoms with Gasteiger partial charge in [-0.15, -0.1) is 0 Å². The average Bonchev–Trinajstić information content (AvgIpc) is 2.61. The minimum atomic E-state index is 0.572. The van der Waals surface area contributed by atoms with Gasteiger partial charge in [0.1, 0.15) is 0 Å². The molecule has 0 fully saturated rings. The quantitative estimate of drug-likeness (QED) is 0.611. The molecule has 3 rings (SSSR count). The summed E-state index contributed by atoms with van der Waals surface area (Å²) in [6, 6.07) is 18.4. The molecule has 0 aliphatic carbocycles. The largest absolute Gasteiger partial charge is 0.384 e. The number of anilines is 2. The Bertz CT molecular complexity index is 847. The number of rotatable bonds is 5. The van der Waals surface area contributed by atoms with E-state index in [2.05, 4.69) is 52.1 Å². The molecule has 4 nitrogen and oxygen atoms in total. The van der Waals surface area contributed by atoms with E-state index >= 15 is 0 Å². The van der Waals surface area contributed by atoms with Crippen molar-refractivity contribution in [3.05, 3.63) is 66.5 Å². The van der Waals surface area contributed by atoms with Crippen molar-refractivity contribution in [1.29, 1.82) is 0 Å². The summed E-state index contributed by atoms with van der Waals surface area (Å²) in [5, 5.41) is 12.7. The Morgan fingerprint density at radius 1 is 1.04 bits per heavy atom. The van der Waals surface area contributed by atoms with Gasteiger partial charge in [-0.2, -0.15) is 0 Å².